The highest BCUT2D eigenvalue weighted by molar-refractivity contribution is 6.10. The number of amides is 1. The van der Waals surface area contributed by atoms with Gasteiger partial charge < -0.3 is 30.0 Å². The van der Waals surface area contributed by atoms with Crippen molar-refractivity contribution in [3.05, 3.63) is 99.9 Å². The maximum absolute atomic E-state index is 14.0. The number of benzene rings is 3. The summed E-state index contributed by atoms with van der Waals surface area (Å²) in [6, 6.07) is 18.2. The van der Waals surface area contributed by atoms with E-state index in [1.54, 1.807) is 26.4 Å². The highest BCUT2D eigenvalue weighted by Gasteiger charge is 2.41. The van der Waals surface area contributed by atoms with Crippen LogP contribution in [0.3, 0.4) is 0 Å². The first-order valence-corrected chi connectivity index (χ1v) is 13.5. The SMILES string of the molecule is COc1cc(C2C(C(=O)Nc3ccccc3C)=C(C)NC3=C2C(=O)CC(c2ccc(OC)c(OC)c2)C3)ccc1O. The molecule has 0 bridgehead atoms. The molecule has 8 heteroatoms. The second-order valence-corrected chi connectivity index (χ2v) is 10.3. The largest absolute Gasteiger partial charge is 0.504 e. The number of methoxy groups -OCH3 is 3. The number of carbonyl (C=O) groups excluding carboxylic acids is 2. The molecule has 5 rings (SSSR count). The lowest BCUT2D eigenvalue weighted by Crippen LogP contribution is -2.37. The molecule has 3 aromatic carbocycles. The van der Waals surface area contributed by atoms with Gasteiger partial charge in [-0.3, -0.25) is 9.59 Å². The van der Waals surface area contributed by atoms with Crippen molar-refractivity contribution < 1.29 is 28.9 Å². The fraction of sp³-hybridized carbons (Fsp3) is 0.273. The van der Waals surface area contributed by atoms with Gasteiger partial charge in [-0.2, -0.15) is 0 Å². The Hall–Kier alpha value is -4.72. The van der Waals surface area contributed by atoms with Crippen molar-refractivity contribution in [3.63, 3.8) is 0 Å². The molecule has 0 fully saturated rings. The van der Waals surface area contributed by atoms with E-state index in [9.17, 15) is 14.7 Å². The molecule has 2 unspecified atom stereocenters. The van der Waals surface area contributed by atoms with Crippen LogP contribution in [0, 0.1) is 6.92 Å². The number of aromatic hydroxyl groups is 1. The number of nitrogens with one attached hydrogen (secondary N) is 2. The van der Waals surface area contributed by atoms with Gasteiger partial charge in [-0.05, 0) is 73.2 Å². The minimum Gasteiger partial charge on any atom is -0.504 e. The highest BCUT2D eigenvalue weighted by Crippen LogP contribution is 2.47. The number of carbonyl (C=O) groups is 2. The quantitative estimate of drug-likeness (QED) is 0.343. The molecule has 0 saturated heterocycles. The zero-order chi connectivity index (χ0) is 29.3. The third-order valence-corrected chi connectivity index (χ3v) is 7.88. The summed E-state index contributed by atoms with van der Waals surface area (Å²) < 4.78 is 16.3. The molecule has 212 valence electrons. The van der Waals surface area contributed by atoms with E-state index < -0.39 is 5.92 Å². The molecule has 2 aliphatic rings. The number of aryl methyl sites for hydroxylation is 1. The number of ether oxygens (including phenoxy) is 3. The van der Waals surface area contributed by atoms with Crippen molar-refractivity contribution in [1.82, 2.24) is 5.32 Å². The number of hydrogen-bond acceptors (Lipinski definition) is 7. The first-order chi connectivity index (χ1) is 19.7. The van der Waals surface area contributed by atoms with Gasteiger partial charge in [-0.15, -0.1) is 0 Å². The van der Waals surface area contributed by atoms with E-state index in [4.69, 9.17) is 14.2 Å². The van der Waals surface area contributed by atoms with Gasteiger partial charge in [0.2, 0.25) is 0 Å². The number of anilines is 1. The first-order valence-electron chi connectivity index (χ1n) is 13.5. The van der Waals surface area contributed by atoms with Crippen LogP contribution in [0.1, 0.15) is 48.3 Å². The Balaban J connectivity index is 1.58. The number of ketones is 1. The Morgan fingerprint density at radius 3 is 2.27 bits per heavy atom. The van der Waals surface area contributed by atoms with Crippen molar-refractivity contribution in [3.8, 4) is 23.0 Å². The van der Waals surface area contributed by atoms with E-state index >= 15 is 0 Å². The van der Waals surface area contributed by atoms with Crippen LogP contribution in [-0.2, 0) is 9.59 Å². The minimum absolute atomic E-state index is 0.0190. The Morgan fingerprint density at radius 1 is 0.878 bits per heavy atom. The molecular formula is C33H34N2O6. The maximum Gasteiger partial charge on any atom is 0.254 e. The summed E-state index contributed by atoms with van der Waals surface area (Å²) in [6.45, 7) is 3.78. The number of phenols is 1. The number of rotatable bonds is 7. The summed E-state index contributed by atoms with van der Waals surface area (Å²) in [5, 5.41) is 16.7. The summed E-state index contributed by atoms with van der Waals surface area (Å²) in [4.78, 5) is 27.9. The fourth-order valence-corrected chi connectivity index (χ4v) is 5.79. The van der Waals surface area contributed by atoms with Crippen LogP contribution >= 0.6 is 0 Å². The first kappa shape index (κ1) is 27.8. The summed E-state index contributed by atoms with van der Waals surface area (Å²) >= 11 is 0. The van der Waals surface area contributed by atoms with E-state index in [1.165, 1.54) is 13.2 Å². The zero-order valence-corrected chi connectivity index (χ0v) is 23.8. The number of allylic oxidation sites excluding steroid dienone is 3. The minimum atomic E-state index is -0.649. The predicted molar refractivity (Wildman–Crippen MR) is 157 cm³/mol. The molecule has 0 aromatic heterocycles. The number of dihydropyridines is 1. The highest BCUT2D eigenvalue weighted by atomic mass is 16.5. The molecule has 1 aliphatic heterocycles. The lowest BCUT2D eigenvalue weighted by atomic mass is 9.71. The normalized spacial score (nSPS) is 18.4. The standard InChI is InChI=1S/C33H34N2O6/c1-18-8-6-7-9-23(18)35-33(38)30-19(2)34-24-14-22(20-11-13-27(39-3)29(16-20)41-5)15-26(37)32(24)31(30)21-10-12-25(36)28(17-21)40-4/h6-13,16-17,22,31,34,36H,14-15H2,1-5H3,(H,35,38). The second kappa shape index (κ2) is 11.4. The van der Waals surface area contributed by atoms with Gasteiger partial charge in [0, 0.05) is 40.6 Å². The van der Waals surface area contributed by atoms with Gasteiger partial charge in [-0.25, -0.2) is 0 Å². The van der Waals surface area contributed by atoms with Crippen LogP contribution in [0.4, 0.5) is 5.69 Å². The van der Waals surface area contributed by atoms with Crippen LogP contribution in [0.25, 0.3) is 0 Å². The number of hydrogen-bond donors (Lipinski definition) is 3. The van der Waals surface area contributed by atoms with Gasteiger partial charge >= 0.3 is 0 Å². The monoisotopic (exact) mass is 554 g/mol. The van der Waals surface area contributed by atoms with Crippen molar-refractivity contribution in [2.24, 2.45) is 0 Å². The average molecular weight is 555 g/mol. The Labute approximate surface area is 239 Å². The Morgan fingerprint density at radius 2 is 1.56 bits per heavy atom. The van der Waals surface area contributed by atoms with Crippen LogP contribution in [-0.4, -0.2) is 38.1 Å². The number of phenolic OH excluding ortho intramolecular Hbond substituents is 1. The molecule has 0 saturated carbocycles. The van der Waals surface area contributed by atoms with Crippen LogP contribution < -0.4 is 24.8 Å². The van der Waals surface area contributed by atoms with Gasteiger partial charge in [0.15, 0.2) is 28.8 Å². The Bertz CT molecular complexity index is 1590. The Kier molecular flexibility index (Phi) is 7.75. The van der Waals surface area contributed by atoms with E-state index in [0.717, 1.165) is 16.8 Å². The van der Waals surface area contributed by atoms with Gasteiger partial charge in [-0.1, -0.05) is 30.3 Å². The van der Waals surface area contributed by atoms with E-state index in [-0.39, 0.29) is 35.5 Å². The van der Waals surface area contributed by atoms with Gasteiger partial charge in [0.25, 0.3) is 5.91 Å². The zero-order valence-electron chi connectivity index (χ0n) is 23.8. The molecule has 1 heterocycles. The molecule has 1 aliphatic carbocycles. The lowest BCUT2D eigenvalue weighted by molar-refractivity contribution is -0.116. The van der Waals surface area contributed by atoms with Crippen molar-refractivity contribution in [2.75, 3.05) is 26.6 Å². The third-order valence-electron chi connectivity index (χ3n) is 7.88. The molecule has 1 amide bonds. The maximum atomic E-state index is 14.0. The molecule has 0 spiro atoms. The third kappa shape index (κ3) is 5.25. The van der Waals surface area contributed by atoms with Gasteiger partial charge in [0.1, 0.15) is 0 Å². The fourth-order valence-electron chi connectivity index (χ4n) is 5.79. The van der Waals surface area contributed by atoms with Crippen LogP contribution in [0.15, 0.2) is 83.2 Å². The number of para-hydroxylation sites is 1. The van der Waals surface area contributed by atoms with E-state index in [2.05, 4.69) is 10.6 Å². The molecule has 3 N–H and O–H groups in total. The average Bonchev–Trinajstić information content (AvgIpc) is 2.97. The van der Waals surface area contributed by atoms with Gasteiger partial charge in [0.05, 0.1) is 21.3 Å². The molecule has 0 radical (unpaired) electrons. The summed E-state index contributed by atoms with van der Waals surface area (Å²) in [5.74, 6) is 0.391. The summed E-state index contributed by atoms with van der Waals surface area (Å²) in [6.07, 6.45) is 0.847. The number of Topliss-reactive ketones (excluding diaryl/α,β-unsaturated/α-hetero) is 1. The predicted octanol–water partition coefficient (Wildman–Crippen LogP) is 5.73. The van der Waals surface area contributed by atoms with E-state index in [0.29, 0.717) is 46.0 Å². The van der Waals surface area contributed by atoms with Crippen molar-refractivity contribution in [2.45, 2.75) is 38.5 Å². The second-order valence-electron chi connectivity index (χ2n) is 10.3. The van der Waals surface area contributed by atoms with Crippen LogP contribution in [0.5, 0.6) is 23.0 Å². The molecular weight excluding hydrogens is 520 g/mol. The molecule has 8 nitrogen and oxygen atoms in total. The molecule has 3 aromatic rings. The summed E-state index contributed by atoms with van der Waals surface area (Å²) in [7, 11) is 4.65. The molecule has 41 heavy (non-hydrogen) atoms. The van der Waals surface area contributed by atoms with Crippen molar-refractivity contribution >= 4 is 17.4 Å². The topological polar surface area (TPSA) is 106 Å². The van der Waals surface area contributed by atoms with Crippen molar-refractivity contribution in [1.29, 1.82) is 0 Å². The molecule has 2 atom stereocenters. The van der Waals surface area contributed by atoms with Crippen LogP contribution in [0.2, 0.25) is 0 Å². The smallest absolute Gasteiger partial charge is 0.254 e. The van der Waals surface area contributed by atoms with E-state index in [1.807, 2.05) is 56.3 Å². The lowest BCUT2D eigenvalue weighted by Gasteiger charge is -2.37. The summed E-state index contributed by atoms with van der Waals surface area (Å²) in [5.41, 5.74) is 5.71.